The normalized spacial score (nSPS) is 13.2. The summed E-state index contributed by atoms with van der Waals surface area (Å²) in [5.74, 6) is 0. The molecule has 0 heterocycles. The Morgan fingerprint density at radius 1 is 1.24 bits per heavy atom. The number of sulfone groups is 1. The Labute approximate surface area is 102 Å². The van der Waals surface area contributed by atoms with Crippen LogP contribution in [0.15, 0.2) is 35.2 Å². The van der Waals surface area contributed by atoms with Crippen molar-refractivity contribution in [2.75, 3.05) is 0 Å². The summed E-state index contributed by atoms with van der Waals surface area (Å²) in [7, 11) is -3.59. The first kappa shape index (κ1) is 13.5. The van der Waals surface area contributed by atoms with Gasteiger partial charge in [-0.2, -0.15) is 5.26 Å². The van der Waals surface area contributed by atoms with E-state index in [0.717, 1.165) is 0 Å². The fraction of sp³-hybridized carbons (Fsp3) is 0.308. The molecule has 0 amide bonds. The van der Waals surface area contributed by atoms with E-state index in [4.69, 9.17) is 5.26 Å². The van der Waals surface area contributed by atoms with Gasteiger partial charge in [-0.3, -0.25) is 0 Å². The lowest BCUT2D eigenvalue weighted by Crippen LogP contribution is -2.28. The number of nitrogens with zero attached hydrogens (tertiary/aromatic N) is 1. The molecular weight excluding hydrogens is 234 g/mol. The minimum atomic E-state index is -3.59. The lowest BCUT2D eigenvalue weighted by molar-refractivity contribution is 0.568. The maximum atomic E-state index is 12.1. The molecule has 0 aliphatic rings. The van der Waals surface area contributed by atoms with Crippen molar-refractivity contribution in [1.29, 1.82) is 5.26 Å². The molecule has 0 saturated carbocycles. The van der Waals surface area contributed by atoms with Gasteiger partial charge < -0.3 is 0 Å². The molecule has 0 spiro atoms. The Kier molecular flexibility index (Phi) is 3.74. The Bertz CT molecular complexity index is 558. The summed E-state index contributed by atoms with van der Waals surface area (Å²) in [6.45, 7) is 4.75. The van der Waals surface area contributed by atoms with Crippen molar-refractivity contribution in [1.82, 2.24) is 0 Å². The summed E-state index contributed by atoms with van der Waals surface area (Å²) < 4.78 is 23.2. The molecule has 0 radical (unpaired) electrons. The molecule has 1 rings (SSSR count). The largest absolute Gasteiger partial charge is 0.222 e. The molecule has 0 bridgehead atoms. The van der Waals surface area contributed by atoms with Gasteiger partial charge in [0.05, 0.1) is 4.75 Å². The smallest absolute Gasteiger partial charge is 0.193 e. The molecule has 0 aliphatic heterocycles. The zero-order valence-electron chi connectivity index (χ0n) is 10.1. The van der Waals surface area contributed by atoms with Crippen LogP contribution in [-0.4, -0.2) is 13.2 Å². The standard InChI is InChI=1S/C13H15NO2S/c1-13(2,3)17(15,16)12(10-14)9-11-7-5-4-6-8-11/h4-9H,1-3H3. The average Bonchev–Trinajstić information content (AvgIpc) is 2.25. The van der Waals surface area contributed by atoms with Crippen molar-refractivity contribution in [3.05, 3.63) is 40.8 Å². The summed E-state index contributed by atoms with van der Waals surface area (Å²) in [4.78, 5) is -0.198. The SMILES string of the molecule is CC(C)(C)S(=O)(=O)C(C#N)=Cc1ccccc1. The fourth-order valence-electron chi connectivity index (χ4n) is 1.20. The second-order valence-corrected chi connectivity index (χ2v) is 7.32. The molecule has 1 aromatic carbocycles. The summed E-state index contributed by atoms with van der Waals surface area (Å²) in [5.41, 5.74) is 0.705. The molecule has 3 nitrogen and oxygen atoms in total. The molecule has 0 saturated heterocycles. The number of nitriles is 1. The predicted molar refractivity (Wildman–Crippen MR) is 68.7 cm³/mol. The van der Waals surface area contributed by atoms with Crippen molar-refractivity contribution < 1.29 is 8.42 Å². The fourth-order valence-corrected chi connectivity index (χ4v) is 2.27. The number of benzene rings is 1. The van der Waals surface area contributed by atoms with Crippen LogP contribution in [0.4, 0.5) is 0 Å². The van der Waals surface area contributed by atoms with Crippen LogP contribution in [0.1, 0.15) is 26.3 Å². The van der Waals surface area contributed by atoms with Gasteiger partial charge in [0.15, 0.2) is 9.84 Å². The monoisotopic (exact) mass is 249 g/mol. The van der Waals surface area contributed by atoms with Crippen molar-refractivity contribution in [2.24, 2.45) is 0 Å². The highest BCUT2D eigenvalue weighted by Crippen LogP contribution is 2.24. The first-order valence-corrected chi connectivity index (χ1v) is 6.69. The van der Waals surface area contributed by atoms with Crippen LogP contribution in [0.5, 0.6) is 0 Å². The lowest BCUT2D eigenvalue weighted by Gasteiger charge is -2.18. The van der Waals surface area contributed by atoms with E-state index in [1.165, 1.54) is 6.08 Å². The third kappa shape index (κ3) is 2.95. The molecular formula is C13H15NO2S. The van der Waals surface area contributed by atoms with E-state index in [1.54, 1.807) is 51.1 Å². The zero-order valence-corrected chi connectivity index (χ0v) is 11.0. The summed E-state index contributed by atoms with van der Waals surface area (Å²) in [5, 5.41) is 8.99. The topological polar surface area (TPSA) is 57.9 Å². The number of hydrogen-bond acceptors (Lipinski definition) is 3. The Hall–Kier alpha value is -1.60. The van der Waals surface area contributed by atoms with E-state index in [-0.39, 0.29) is 4.91 Å². The van der Waals surface area contributed by atoms with E-state index in [0.29, 0.717) is 5.56 Å². The van der Waals surface area contributed by atoms with Gasteiger partial charge >= 0.3 is 0 Å². The maximum Gasteiger partial charge on any atom is 0.193 e. The zero-order chi connectivity index (χ0) is 13.1. The molecule has 1 aromatic rings. The third-order valence-electron chi connectivity index (χ3n) is 2.30. The van der Waals surface area contributed by atoms with Gasteiger partial charge in [-0.15, -0.1) is 0 Å². The Morgan fingerprint density at radius 2 is 1.76 bits per heavy atom. The van der Waals surface area contributed by atoms with E-state index in [9.17, 15) is 8.42 Å². The predicted octanol–water partition coefficient (Wildman–Crippen LogP) is 2.76. The second-order valence-electron chi connectivity index (χ2n) is 4.65. The Morgan fingerprint density at radius 3 is 2.18 bits per heavy atom. The van der Waals surface area contributed by atoms with Gasteiger partial charge in [0.2, 0.25) is 0 Å². The summed E-state index contributed by atoms with van der Waals surface area (Å²) >= 11 is 0. The molecule has 0 unspecified atom stereocenters. The number of hydrogen-bond donors (Lipinski definition) is 0. The average molecular weight is 249 g/mol. The van der Waals surface area contributed by atoms with Gasteiger partial charge in [0, 0.05) is 0 Å². The molecule has 4 heteroatoms. The minimum Gasteiger partial charge on any atom is -0.222 e. The van der Waals surface area contributed by atoms with Gasteiger partial charge in [-0.05, 0) is 32.4 Å². The summed E-state index contributed by atoms with van der Waals surface area (Å²) in [6.07, 6.45) is 1.40. The van der Waals surface area contributed by atoms with Crippen LogP contribution in [0.3, 0.4) is 0 Å². The van der Waals surface area contributed by atoms with Gasteiger partial charge in [0.1, 0.15) is 11.0 Å². The lowest BCUT2D eigenvalue weighted by atomic mass is 10.2. The van der Waals surface area contributed by atoms with Crippen LogP contribution in [-0.2, 0) is 9.84 Å². The molecule has 0 atom stereocenters. The molecule has 0 aliphatic carbocycles. The first-order valence-electron chi connectivity index (χ1n) is 5.20. The van der Waals surface area contributed by atoms with Gasteiger partial charge in [-0.25, -0.2) is 8.42 Å². The highest BCUT2D eigenvalue weighted by molar-refractivity contribution is 7.97. The van der Waals surface area contributed by atoms with Crippen molar-refractivity contribution in [2.45, 2.75) is 25.5 Å². The van der Waals surface area contributed by atoms with E-state index in [1.807, 2.05) is 6.07 Å². The van der Waals surface area contributed by atoms with Gasteiger partial charge in [0.25, 0.3) is 0 Å². The number of rotatable bonds is 2. The molecule has 0 fully saturated rings. The van der Waals surface area contributed by atoms with E-state index >= 15 is 0 Å². The molecule has 0 N–H and O–H groups in total. The van der Waals surface area contributed by atoms with Crippen LogP contribution in [0.25, 0.3) is 6.08 Å². The van der Waals surface area contributed by atoms with Crippen molar-refractivity contribution in [3.63, 3.8) is 0 Å². The first-order chi connectivity index (χ1) is 7.79. The minimum absolute atomic E-state index is 0.198. The van der Waals surface area contributed by atoms with Crippen molar-refractivity contribution >= 4 is 15.9 Å². The van der Waals surface area contributed by atoms with E-state index in [2.05, 4.69) is 0 Å². The van der Waals surface area contributed by atoms with Crippen LogP contribution < -0.4 is 0 Å². The highest BCUT2D eigenvalue weighted by atomic mass is 32.2. The van der Waals surface area contributed by atoms with Crippen LogP contribution in [0, 0.1) is 11.3 Å². The van der Waals surface area contributed by atoms with Gasteiger partial charge in [-0.1, -0.05) is 30.3 Å². The van der Waals surface area contributed by atoms with Crippen LogP contribution in [0.2, 0.25) is 0 Å². The molecule has 0 aromatic heterocycles. The molecule has 90 valence electrons. The third-order valence-corrected chi connectivity index (χ3v) is 4.70. The maximum absolute atomic E-state index is 12.1. The highest BCUT2D eigenvalue weighted by Gasteiger charge is 2.32. The van der Waals surface area contributed by atoms with Crippen LogP contribution >= 0.6 is 0 Å². The number of allylic oxidation sites excluding steroid dienone is 1. The van der Waals surface area contributed by atoms with E-state index < -0.39 is 14.6 Å². The van der Waals surface area contributed by atoms with Crippen molar-refractivity contribution in [3.8, 4) is 6.07 Å². The quantitative estimate of drug-likeness (QED) is 0.757. The second kappa shape index (κ2) is 4.72. The molecule has 17 heavy (non-hydrogen) atoms. The summed E-state index contributed by atoms with van der Waals surface area (Å²) in [6, 6.07) is 10.7. The Balaban J connectivity index is 3.29.